The van der Waals surface area contributed by atoms with Crippen molar-refractivity contribution in [3.8, 4) is 17.6 Å². The van der Waals surface area contributed by atoms with Crippen molar-refractivity contribution in [1.82, 2.24) is 0 Å². The van der Waals surface area contributed by atoms with Crippen molar-refractivity contribution in [2.45, 2.75) is 12.5 Å². The number of phenols is 2. The minimum absolute atomic E-state index is 0.0606. The van der Waals surface area contributed by atoms with Crippen molar-refractivity contribution < 1.29 is 10.2 Å². The van der Waals surface area contributed by atoms with Crippen LogP contribution in [0.2, 0.25) is 0 Å². The smallest absolute Gasteiger partial charge is 0.124 e. The zero-order valence-electron chi connectivity index (χ0n) is 6.94. The predicted molar refractivity (Wildman–Crippen MR) is 46.9 cm³/mol. The molecule has 0 aliphatic carbocycles. The number of phenolic OH excluding ortho intramolecular Hbond substituents is 2. The van der Waals surface area contributed by atoms with Gasteiger partial charge in [-0.2, -0.15) is 5.26 Å². The Kier molecular flexibility index (Phi) is 2.72. The molecule has 0 bridgehead atoms. The van der Waals surface area contributed by atoms with E-state index in [0.29, 0.717) is 0 Å². The molecular formula is C9H10N2O2. The summed E-state index contributed by atoms with van der Waals surface area (Å²) in [4.78, 5) is 0. The lowest BCUT2D eigenvalue weighted by Gasteiger charge is -2.11. The maximum absolute atomic E-state index is 9.34. The van der Waals surface area contributed by atoms with Crippen molar-refractivity contribution in [3.05, 3.63) is 23.8 Å². The number of nitrogens with zero attached hydrogens (tertiary/aromatic N) is 1. The Morgan fingerprint density at radius 2 is 1.92 bits per heavy atom. The molecule has 0 radical (unpaired) electrons. The van der Waals surface area contributed by atoms with Gasteiger partial charge in [-0.15, -0.1) is 0 Å². The maximum Gasteiger partial charge on any atom is 0.124 e. The van der Waals surface area contributed by atoms with E-state index in [0.717, 1.165) is 0 Å². The van der Waals surface area contributed by atoms with E-state index in [1.807, 2.05) is 6.07 Å². The fourth-order valence-electron chi connectivity index (χ4n) is 1.12. The van der Waals surface area contributed by atoms with E-state index in [1.54, 1.807) is 0 Å². The Bertz CT molecular complexity index is 324. The van der Waals surface area contributed by atoms with Gasteiger partial charge in [0.05, 0.1) is 24.1 Å². The SMILES string of the molecule is N#CC[C@@H](N)c1c(O)cccc1O. The first-order chi connectivity index (χ1) is 6.16. The molecule has 68 valence electrons. The number of hydrogen-bond acceptors (Lipinski definition) is 4. The van der Waals surface area contributed by atoms with E-state index in [4.69, 9.17) is 11.0 Å². The third kappa shape index (κ3) is 1.89. The molecule has 0 amide bonds. The van der Waals surface area contributed by atoms with Crippen LogP contribution in [0.15, 0.2) is 18.2 Å². The third-order valence-electron chi connectivity index (χ3n) is 1.74. The van der Waals surface area contributed by atoms with Crippen molar-refractivity contribution >= 4 is 0 Å². The summed E-state index contributed by atoms with van der Waals surface area (Å²) < 4.78 is 0. The number of hydrogen-bond donors (Lipinski definition) is 3. The van der Waals surface area contributed by atoms with Crippen LogP contribution in [0.3, 0.4) is 0 Å². The molecule has 4 nitrogen and oxygen atoms in total. The highest BCUT2D eigenvalue weighted by Gasteiger charge is 2.14. The first kappa shape index (κ1) is 9.36. The van der Waals surface area contributed by atoms with Crippen LogP contribution in [-0.4, -0.2) is 10.2 Å². The Labute approximate surface area is 75.8 Å². The number of nitrogens with two attached hydrogens (primary N) is 1. The zero-order chi connectivity index (χ0) is 9.84. The molecule has 0 aliphatic heterocycles. The Morgan fingerprint density at radius 1 is 1.38 bits per heavy atom. The fraction of sp³-hybridized carbons (Fsp3) is 0.222. The number of benzene rings is 1. The van der Waals surface area contributed by atoms with Gasteiger partial charge in [-0.05, 0) is 12.1 Å². The molecule has 0 saturated carbocycles. The second-order valence-electron chi connectivity index (χ2n) is 2.68. The van der Waals surface area contributed by atoms with Crippen LogP contribution in [0.4, 0.5) is 0 Å². The second kappa shape index (κ2) is 3.78. The molecule has 0 heterocycles. The van der Waals surface area contributed by atoms with Crippen LogP contribution >= 0.6 is 0 Å². The molecule has 0 aliphatic rings. The Morgan fingerprint density at radius 3 is 2.38 bits per heavy atom. The molecule has 1 aromatic rings. The summed E-state index contributed by atoms with van der Waals surface area (Å²) in [6, 6.07) is 5.58. The summed E-state index contributed by atoms with van der Waals surface area (Å²) in [5.74, 6) is -0.162. The average molecular weight is 178 g/mol. The van der Waals surface area contributed by atoms with E-state index in [1.165, 1.54) is 18.2 Å². The standard InChI is InChI=1S/C9H10N2O2/c10-5-4-6(11)9-7(12)2-1-3-8(9)13/h1-3,6,12-13H,4,11H2/t6-/m1/s1. The maximum atomic E-state index is 9.34. The van der Waals surface area contributed by atoms with Gasteiger partial charge in [-0.25, -0.2) is 0 Å². The van der Waals surface area contributed by atoms with Gasteiger partial charge in [0.2, 0.25) is 0 Å². The quantitative estimate of drug-likeness (QED) is 0.630. The molecule has 1 atom stereocenters. The van der Waals surface area contributed by atoms with Crippen LogP contribution in [-0.2, 0) is 0 Å². The first-order valence-electron chi connectivity index (χ1n) is 3.80. The molecule has 0 saturated heterocycles. The molecule has 1 aromatic carbocycles. The molecule has 0 spiro atoms. The van der Waals surface area contributed by atoms with Crippen molar-refractivity contribution in [2.24, 2.45) is 5.73 Å². The topological polar surface area (TPSA) is 90.3 Å². The summed E-state index contributed by atoms with van der Waals surface area (Å²) in [6.45, 7) is 0. The predicted octanol–water partition coefficient (Wildman–Crippen LogP) is 1.01. The van der Waals surface area contributed by atoms with E-state index < -0.39 is 6.04 Å². The summed E-state index contributed by atoms with van der Waals surface area (Å²) in [7, 11) is 0. The molecule has 0 unspecified atom stereocenters. The molecule has 4 heteroatoms. The monoisotopic (exact) mass is 178 g/mol. The van der Waals surface area contributed by atoms with Crippen molar-refractivity contribution in [1.29, 1.82) is 5.26 Å². The second-order valence-corrected chi connectivity index (χ2v) is 2.68. The molecule has 4 N–H and O–H groups in total. The number of aromatic hydroxyl groups is 2. The van der Waals surface area contributed by atoms with Crippen molar-refractivity contribution in [2.75, 3.05) is 0 Å². The molecule has 1 rings (SSSR count). The van der Waals surface area contributed by atoms with E-state index in [2.05, 4.69) is 0 Å². The normalized spacial score (nSPS) is 12.0. The average Bonchev–Trinajstić information content (AvgIpc) is 2.04. The molecule has 13 heavy (non-hydrogen) atoms. The van der Waals surface area contributed by atoms with Gasteiger partial charge in [-0.1, -0.05) is 6.07 Å². The van der Waals surface area contributed by atoms with Gasteiger partial charge in [0.15, 0.2) is 0 Å². The highest BCUT2D eigenvalue weighted by molar-refractivity contribution is 5.45. The first-order valence-corrected chi connectivity index (χ1v) is 3.80. The van der Waals surface area contributed by atoms with Gasteiger partial charge in [-0.3, -0.25) is 0 Å². The van der Waals surface area contributed by atoms with Crippen LogP contribution < -0.4 is 5.73 Å². The summed E-state index contributed by atoms with van der Waals surface area (Å²) in [6.07, 6.45) is 0.0606. The number of rotatable bonds is 2. The van der Waals surface area contributed by atoms with E-state index in [9.17, 15) is 10.2 Å². The lowest BCUT2D eigenvalue weighted by molar-refractivity contribution is 0.429. The Hall–Kier alpha value is -1.73. The van der Waals surface area contributed by atoms with Gasteiger partial charge in [0, 0.05) is 0 Å². The lowest BCUT2D eigenvalue weighted by Crippen LogP contribution is -2.09. The lowest BCUT2D eigenvalue weighted by atomic mass is 10.0. The van der Waals surface area contributed by atoms with Gasteiger partial charge in [0.1, 0.15) is 11.5 Å². The van der Waals surface area contributed by atoms with Crippen molar-refractivity contribution in [3.63, 3.8) is 0 Å². The molecule has 0 aromatic heterocycles. The summed E-state index contributed by atoms with van der Waals surface area (Å²) in [5.41, 5.74) is 5.79. The molecule has 0 fully saturated rings. The minimum atomic E-state index is -0.647. The van der Waals surface area contributed by atoms with Crippen LogP contribution in [0.5, 0.6) is 11.5 Å². The summed E-state index contributed by atoms with van der Waals surface area (Å²) >= 11 is 0. The minimum Gasteiger partial charge on any atom is -0.507 e. The Balaban J connectivity index is 3.06. The van der Waals surface area contributed by atoms with Gasteiger partial charge in [0.25, 0.3) is 0 Å². The fourth-order valence-corrected chi connectivity index (χ4v) is 1.12. The largest absolute Gasteiger partial charge is 0.507 e. The van der Waals surface area contributed by atoms with Gasteiger partial charge >= 0.3 is 0 Å². The van der Waals surface area contributed by atoms with E-state index in [-0.39, 0.29) is 23.5 Å². The van der Waals surface area contributed by atoms with E-state index >= 15 is 0 Å². The van der Waals surface area contributed by atoms with Crippen LogP contribution in [0, 0.1) is 11.3 Å². The van der Waals surface area contributed by atoms with Crippen LogP contribution in [0.1, 0.15) is 18.0 Å². The number of nitriles is 1. The highest BCUT2D eigenvalue weighted by Crippen LogP contribution is 2.32. The summed E-state index contributed by atoms with van der Waals surface area (Å²) in [5, 5.41) is 27.1. The highest BCUT2D eigenvalue weighted by atomic mass is 16.3. The van der Waals surface area contributed by atoms with Gasteiger partial charge < -0.3 is 15.9 Å². The zero-order valence-corrected chi connectivity index (χ0v) is 6.94. The van der Waals surface area contributed by atoms with Crippen LogP contribution in [0.25, 0.3) is 0 Å². The molecular weight excluding hydrogens is 168 g/mol. The third-order valence-corrected chi connectivity index (χ3v) is 1.74.